The largest absolute Gasteiger partial charge is 0.467 e. The molecule has 31 heavy (non-hydrogen) atoms. The molecular formula is C20H18N2O9. The van der Waals surface area contributed by atoms with Gasteiger partial charge in [0.15, 0.2) is 18.3 Å². The topological polar surface area (TPSA) is 128 Å². The highest BCUT2D eigenvalue weighted by molar-refractivity contribution is 5.99. The molecule has 2 aliphatic heterocycles. The van der Waals surface area contributed by atoms with Crippen molar-refractivity contribution >= 4 is 17.4 Å². The van der Waals surface area contributed by atoms with Crippen molar-refractivity contribution in [2.75, 3.05) is 20.2 Å². The highest BCUT2D eigenvalue weighted by Crippen LogP contribution is 2.34. The minimum atomic E-state index is -0.686. The lowest BCUT2D eigenvalue weighted by atomic mass is 10.1. The maximum Gasteiger partial charge on any atom is 0.347 e. The van der Waals surface area contributed by atoms with Crippen LogP contribution in [0.15, 0.2) is 35.5 Å². The molecule has 11 heteroatoms. The van der Waals surface area contributed by atoms with Gasteiger partial charge >= 0.3 is 5.97 Å². The molecule has 0 atom stereocenters. The maximum atomic E-state index is 12.0. The molecule has 2 aromatic carbocycles. The zero-order valence-corrected chi connectivity index (χ0v) is 16.5. The third-order valence-electron chi connectivity index (χ3n) is 4.55. The van der Waals surface area contributed by atoms with Gasteiger partial charge in [-0.25, -0.2) is 4.79 Å². The Labute approximate surface area is 176 Å². The molecule has 2 heterocycles. The van der Waals surface area contributed by atoms with Crippen LogP contribution in [0.3, 0.4) is 0 Å². The Morgan fingerprint density at radius 1 is 1.16 bits per heavy atom. The van der Waals surface area contributed by atoms with Crippen molar-refractivity contribution in [2.24, 2.45) is 5.16 Å². The quantitative estimate of drug-likeness (QED) is 0.282. The first-order valence-corrected chi connectivity index (χ1v) is 9.24. The minimum Gasteiger partial charge on any atom is -0.467 e. The third-order valence-corrected chi connectivity index (χ3v) is 4.55. The van der Waals surface area contributed by atoms with Crippen LogP contribution in [0, 0.1) is 10.1 Å². The number of carbonyl (C=O) groups excluding carboxylic acids is 1. The lowest BCUT2D eigenvalue weighted by Gasteiger charge is -2.20. The van der Waals surface area contributed by atoms with Gasteiger partial charge in [-0.3, -0.25) is 10.1 Å². The van der Waals surface area contributed by atoms with Crippen molar-refractivity contribution in [3.05, 3.63) is 57.1 Å². The van der Waals surface area contributed by atoms with Gasteiger partial charge < -0.3 is 28.5 Å². The second-order valence-corrected chi connectivity index (χ2v) is 6.64. The van der Waals surface area contributed by atoms with Crippen LogP contribution < -0.4 is 14.2 Å². The molecule has 0 aromatic heterocycles. The summed E-state index contributed by atoms with van der Waals surface area (Å²) in [6.07, 6.45) is 0. The molecule has 0 spiro atoms. The average molecular weight is 430 g/mol. The summed E-state index contributed by atoms with van der Waals surface area (Å²) >= 11 is 0. The fourth-order valence-electron chi connectivity index (χ4n) is 3.05. The smallest absolute Gasteiger partial charge is 0.347 e. The van der Waals surface area contributed by atoms with Gasteiger partial charge in [-0.1, -0.05) is 5.16 Å². The second kappa shape index (κ2) is 8.88. The van der Waals surface area contributed by atoms with Crippen molar-refractivity contribution in [3.8, 4) is 17.2 Å². The SMILES string of the molecule is C/C(=N\OCC(=O)OCc1cc([N+](=O)[O-])cc2c1OCOC2)c1ccc2c(c1)OCO2. The molecule has 4 rings (SSSR count). The molecule has 2 aliphatic rings. The first-order valence-electron chi connectivity index (χ1n) is 9.24. The van der Waals surface area contributed by atoms with Crippen LogP contribution in [-0.4, -0.2) is 36.8 Å². The van der Waals surface area contributed by atoms with Crippen LogP contribution in [0.4, 0.5) is 5.69 Å². The number of nitro groups is 1. The van der Waals surface area contributed by atoms with Crippen LogP contribution in [0.5, 0.6) is 17.2 Å². The Morgan fingerprint density at radius 2 is 2.00 bits per heavy atom. The van der Waals surface area contributed by atoms with Crippen LogP contribution in [0.2, 0.25) is 0 Å². The minimum absolute atomic E-state index is 0.0166. The van der Waals surface area contributed by atoms with E-state index in [1.807, 2.05) is 0 Å². The number of nitro benzene ring substituents is 1. The summed E-state index contributed by atoms with van der Waals surface area (Å²) in [5, 5.41) is 15.0. The van der Waals surface area contributed by atoms with E-state index >= 15 is 0 Å². The van der Waals surface area contributed by atoms with Crippen molar-refractivity contribution in [3.63, 3.8) is 0 Å². The van der Waals surface area contributed by atoms with Gasteiger partial charge in [0.2, 0.25) is 13.4 Å². The Balaban J connectivity index is 1.34. The maximum absolute atomic E-state index is 12.0. The van der Waals surface area contributed by atoms with E-state index < -0.39 is 17.5 Å². The zero-order chi connectivity index (χ0) is 21.8. The fourth-order valence-corrected chi connectivity index (χ4v) is 3.05. The molecule has 0 radical (unpaired) electrons. The number of benzene rings is 2. The van der Waals surface area contributed by atoms with Gasteiger partial charge in [0, 0.05) is 28.8 Å². The van der Waals surface area contributed by atoms with Gasteiger partial charge in [0.05, 0.1) is 17.2 Å². The number of oxime groups is 1. The van der Waals surface area contributed by atoms with E-state index in [0.29, 0.717) is 34.1 Å². The third kappa shape index (κ3) is 4.67. The van der Waals surface area contributed by atoms with E-state index in [9.17, 15) is 14.9 Å². The van der Waals surface area contributed by atoms with Crippen LogP contribution in [0.1, 0.15) is 23.6 Å². The Morgan fingerprint density at radius 3 is 2.84 bits per heavy atom. The molecule has 0 saturated heterocycles. The summed E-state index contributed by atoms with van der Waals surface area (Å²) < 4.78 is 26.3. The lowest BCUT2D eigenvalue weighted by molar-refractivity contribution is -0.385. The molecule has 0 saturated carbocycles. The molecule has 0 amide bonds. The summed E-state index contributed by atoms with van der Waals surface area (Å²) in [4.78, 5) is 27.7. The Bertz CT molecular complexity index is 1050. The average Bonchev–Trinajstić information content (AvgIpc) is 3.25. The van der Waals surface area contributed by atoms with Crippen molar-refractivity contribution in [1.29, 1.82) is 0 Å². The van der Waals surface area contributed by atoms with Crippen LogP contribution in [-0.2, 0) is 32.3 Å². The van der Waals surface area contributed by atoms with Gasteiger partial charge in [-0.15, -0.1) is 0 Å². The molecule has 0 aliphatic carbocycles. The van der Waals surface area contributed by atoms with E-state index in [1.165, 1.54) is 12.1 Å². The monoisotopic (exact) mass is 430 g/mol. The zero-order valence-electron chi connectivity index (χ0n) is 16.5. The predicted octanol–water partition coefficient (Wildman–Crippen LogP) is 2.67. The number of ether oxygens (including phenoxy) is 5. The molecule has 2 aromatic rings. The molecule has 0 bridgehead atoms. The number of fused-ring (bicyclic) bond motifs is 2. The number of carbonyl (C=O) groups is 1. The second-order valence-electron chi connectivity index (χ2n) is 6.64. The first kappa shape index (κ1) is 20.4. The van der Waals surface area contributed by atoms with Crippen LogP contribution >= 0.6 is 0 Å². The highest BCUT2D eigenvalue weighted by Gasteiger charge is 2.22. The van der Waals surface area contributed by atoms with Crippen molar-refractivity contribution in [1.82, 2.24) is 0 Å². The Hall–Kier alpha value is -3.86. The summed E-state index contributed by atoms with van der Waals surface area (Å²) in [7, 11) is 0. The molecular weight excluding hydrogens is 412 g/mol. The molecule has 162 valence electrons. The van der Waals surface area contributed by atoms with Gasteiger partial charge in [0.1, 0.15) is 12.4 Å². The van der Waals surface area contributed by atoms with E-state index in [4.69, 9.17) is 28.5 Å². The predicted molar refractivity (Wildman–Crippen MR) is 104 cm³/mol. The fraction of sp³-hybridized carbons (Fsp3) is 0.300. The van der Waals surface area contributed by atoms with Gasteiger partial charge in [-0.2, -0.15) is 0 Å². The van der Waals surface area contributed by atoms with E-state index in [0.717, 1.165) is 5.56 Å². The Kier molecular flexibility index (Phi) is 5.85. The molecule has 0 unspecified atom stereocenters. The summed E-state index contributed by atoms with van der Waals surface area (Å²) in [5.41, 5.74) is 2.04. The summed E-state index contributed by atoms with van der Waals surface area (Å²) in [6, 6.07) is 8.00. The molecule has 11 nitrogen and oxygen atoms in total. The number of hydrogen-bond acceptors (Lipinski definition) is 10. The lowest BCUT2D eigenvalue weighted by Crippen LogP contribution is -2.16. The van der Waals surface area contributed by atoms with E-state index in [1.54, 1.807) is 25.1 Å². The van der Waals surface area contributed by atoms with E-state index in [2.05, 4.69) is 5.16 Å². The number of non-ortho nitro benzene ring substituents is 1. The highest BCUT2D eigenvalue weighted by atomic mass is 16.7. The standard InChI is InChI=1S/C20H18N2O9/c1-12(13-2-3-17-18(6-13)29-11-28-17)21-31-9-19(23)27-8-15-5-16(22(24)25)4-14-7-26-10-30-20(14)15/h2-6H,7-11H2,1H3/b21-12+. The normalized spacial score (nSPS) is 14.4. The molecule has 0 fully saturated rings. The van der Waals surface area contributed by atoms with Crippen molar-refractivity contribution in [2.45, 2.75) is 20.1 Å². The summed E-state index contributed by atoms with van der Waals surface area (Å²) in [6.45, 7) is 1.44. The van der Waals surface area contributed by atoms with Crippen LogP contribution in [0.25, 0.3) is 0 Å². The van der Waals surface area contributed by atoms with Gasteiger partial charge in [-0.05, 0) is 25.1 Å². The summed E-state index contributed by atoms with van der Waals surface area (Å²) in [5.74, 6) is 0.996. The van der Waals surface area contributed by atoms with Gasteiger partial charge in [0.25, 0.3) is 5.69 Å². The van der Waals surface area contributed by atoms with E-state index in [-0.39, 0.29) is 32.5 Å². The first-order chi connectivity index (χ1) is 15.0. The number of rotatable bonds is 7. The van der Waals surface area contributed by atoms with Crippen molar-refractivity contribution < 1.29 is 38.2 Å². The molecule has 0 N–H and O–H groups in total. The number of nitrogens with zero attached hydrogens (tertiary/aromatic N) is 2. The number of esters is 1. The number of hydrogen-bond donors (Lipinski definition) is 0.